The van der Waals surface area contributed by atoms with Crippen LogP contribution in [-0.2, 0) is 0 Å². The van der Waals surface area contributed by atoms with Crippen molar-refractivity contribution >= 4 is 35.1 Å². The van der Waals surface area contributed by atoms with E-state index in [1.54, 1.807) is 31.4 Å². The van der Waals surface area contributed by atoms with Crippen LogP contribution in [0.15, 0.2) is 54.6 Å². The van der Waals surface area contributed by atoms with E-state index >= 15 is 0 Å². The largest absolute Gasteiger partial charge is 0.497 e. The minimum absolute atomic E-state index is 0.167. The Morgan fingerprint density at radius 2 is 1.84 bits per heavy atom. The molecule has 0 spiro atoms. The first-order valence-corrected chi connectivity index (χ1v) is 8.20. The number of nitrogens with zero attached hydrogens (tertiary/aromatic N) is 1. The smallest absolute Gasteiger partial charge is 0.185 e. The van der Waals surface area contributed by atoms with Crippen molar-refractivity contribution in [3.05, 3.63) is 75.9 Å². The summed E-state index contributed by atoms with van der Waals surface area (Å²) in [5.74, 6) is 0.616. The molecule has 126 valence electrons. The Balaban J connectivity index is 1.74. The third-order valence-corrected chi connectivity index (χ3v) is 4.34. The van der Waals surface area contributed by atoms with E-state index in [-0.39, 0.29) is 5.78 Å². The Morgan fingerprint density at radius 3 is 2.52 bits per heavy atom. The van der Waals surface area contributed by atoms with Crippen molar-refractivity contribution in [3.63, 3.8) is 0 Å². The number of rotatable bonds is 5. The second-order valence-electron chi connectivity index (χ2n) is 5.26. The summed E-state index contributed by atoms with van der Waals surface area (Å²) in [5.41, 5.74) is 2.93. The Morgan fingerprint density at radius 1 is 1.08 bits per heavy atom. The molecule has 0 bridgehead atoms. The number of aromatic amines is 1. The number of carbonyl (C=O) groups is 1. The van der Waals surface area contributed by atoms with Gasteiger partial charge in [-0.15, -0.1) is 0 Å². The van der Waals surface area contributed by atoms with E-state index in [1.807, 2.05) is 30.3 Å². The molecule has 3 rings (SSSR count). The number of nitrogens with one attached hydrogen (secondary N) is 1. The number of methoxy groups -OCH3 is 1. The number of hydrogen-bond acceptors (Lipinski definition) is 3. The summed E-state index contributed by atoms with van der Waals surface area (Å²) in [7, 11) is 1.62. The molecule has 0 aliphatic rings. The fourth-order valence-corrected chi connectivity index (χ4v) is 2.54. The topological polar surface area (TPSA) is 55.0 Å². The van der Waals surface area contributed by atoms with E-state index in [2.05, 4.69) is 10.2 Å². The molecule has 1 aromatic heterocycles. The lowest BCUT2D eigenvalue weighted by Gasteiger charge is -1.99. The molecule has 1 heterocycles. The maximum Gasteiger partial charge on any atom is 0.185 e. The molecule has 0 aliphatic heterocycles. The molecule has 4 nitrogen and oxygen atoms in total. The zero-order valence-corrected chi connectivity index (χ0v) is 14.8. The molecule has 0 saturated carbocycles. The van der Waals surface area contributed by atoms with Crippen LogP contribution >= 0.6 is 23.2 Å². The summed E-state index contributed by atoms with van der Waals surface area (Å²) < 4.78 is 5.14. The van der Waals surface area contributed by atoms with Crippen LogP contribution in [0.2, 0.25) is 10.0 Å². The van der Waals surface area contributed by atoms with Gasteiger partial charge in [0.2, 0.25) is 0 Å². The van der Waals surface area contributed by atoms with E-state index in [0.717, 1.165) is 22.7 Å². The first-order chi connectivity index (χ1) is 12.1. The summed E-state index contributed by atoms with van der Waals surface area (Å²) >= 11 is 11.8. The number of allylic oxidation sites excluding steroid dienone is 1. The fraction of sp³-hybridized carbons (Fsp3) is 0.0526. The average Bonchev–Trinajstić information content (AvgIpc) is 3.11. The Hall–Kier alpha value is -2.56. The van der Waals surface area contributed by atoms with Crippen molar-refractivity contribution < 1.29 is 9.53 Å². The van der Waals surface area contributed by atoms with Crippen LogP contribution in [0.3, 0.4) is 0 Å². The molecule has 2 aromatic carbocycles. The van der Waals surface area contributed by atoms with Crippen molar-refractivity contribution in [1.82, 2.24) is 10.2 Å². The number of carbonyl (C=O) groups excluding carboxylic acids is 1. The van der Waals surface area contributed by atoms with Gasteiger partial charge in [0, 0.05) is 11.1 Å². The lowest BCUT2D eigenvalue weighted by molar-refractivity contribution is 0.104. The summed E-state index contributed by atoms with van der Waals surface area (Å²) in [6, 6.07) is 14.2. The molecular formula is C19H14Cl2N2O2. The third kappa shape index (κ3) is 4.10. The highest BCUT2D eigenvalue weighted by Crippen LogP contribution is 2.24. The van der Waals surface area contributed by atoms with Crippen LogP contribution in [0.1, 0.15) is 16.1 Å². The van der Waals surface area contributed by atoms with Crippen LogP contribution in [-0.4, -0.2) is 23.1 Å². The lowest BCUT2D eigenvalue weighted by Crippen LogP contribution is -1.93. The minimum Gasteiger partial charge on any atom is -0.497 e. The van der Waals surface area contributed by atoms with Gasteiger partial charge in [0.25, 0.3) is 0 Å². The minimum atomic E-state index is -0.167. The molecular weight excluding hydrogens is 359 g/mol. The van der Waals surface area contributed by atoms with Gasteiger partial charge in [-0.1, -0.05) is 23.2 Å². The number of benzene rings is 2. The van der Waals surface area contributed by atoms with Crippen molar-refractivity contribution in [3.8, 4) is 17.0 Å². The van der Waals surface area contributed by atoms with Crippen LogP contribution in [0, 0.1) is 0 Å². The van der Waals surface area contributed by atoms with Crippen molar-refractivity contribution in [1.29, 1.82) is 0 Å². The number of H-pyrrole nitrogens is 1. The van der Waals surface area contributed by atoms with Crippen LogP contribution < -0.4 is 4.74 Å². The second-order valence-corrected chi connectivity index (χ2v) is 6.08. The predicted octanol–water partition coefficient (Wildman–Crippen LogP) is 5.29. The highest BCUT2D eigenvalue weighted by Gasteiger charge is 2.06. The Labute approximate surface area is 155 Å². The monoisotopic (exact) mass is 372 g/mol. The Kier molecular flexibility index (Phi) is 5.22. The van der Waals surface area contributed by atoms with Crippen molar-refractivity contribution in [2.45, 2.75) is 0 Å². The van der Waals surface area contributed by atoms with Crippen LogP contribution in [0.4, 0.5) is 0 Å². The lowest BCUT2D eigenvalue weighted by atomic mass is 10.1. The first kappa shape index (κ1) is 17.3. The summed E-state index contributed by atoms with van der Waals surface area (Å²) in [6.45, 7) is 0. The van der Waals surface area contributed by atoms with Crippen LogP contribution in [0.5, 0.6) is 5.75 Å². The number of ether oxygens (including phenoxy) is 1. The van der Waals surface area contributed by atoms with Gasteiger partial charge in [-0.25, -0.2) is 0 Å². The van der Waals surface area contributed by atoms with Crippen molar-refractivity contribution in [2.75, 3.05) is 7.11 Å². The van der Waals surface area contributed by atoms with E-state index in [4.69, 9.17) is 27.9 Å². The summed E-state index contributed by atoms with van der Waals surface area (Å²) in [6.07, 6.45) is 3.13. The van der Waals surface area contributed by atoms with E-state index in [9.17, 15) is 4.79 Å². The molecule has 0 amide bonds. The highest BCUT2D eigenvalue weighted by molar-refractivity contribution is 6.42. The summed E-state index contributed by atoms with van der Waals surface area (Å²) in [4.78, 5) is 12.2. The van der Waals surface area contributed by atoms with Gasteiger partial charge in [-0.2, -0.15) is 5.10 Å². The van der Waals surface area contributed by atoms with E-state index in [1.165, 1.54) is 6.08 Å². The Bertz CT molecular complexity index is 931. The molecule has 0 radical (unpaired) electrons. The zero-order chi connectivity index (χ0) is 17.8. The molecule has 6 heteroatoms. The first-order valence-electron chi connectivity index (χ1n) is 7.44. The van der Waals surface area contributed by atoms with Gasteiger partial charge >= 0.3 is 0 Å². The average molecular weight is 373 g/mol. The second kappa shape index (κ2) is 7.55. The molecule has 3 aromatic rings. The number of aromatic nitrogens is 2. The zero-order valence-electron chi connectivity index (χ0n) is 13.3. The van der Waals surface area contributed by atoms with Gasteiger partial charge in [0.15, 0.2) is 5.78 Å². The van der Waals surface area contributed by atoms with Gasteiger partial charge in [0.1, 0.15) is 5.75 Å². The van der Waals surface area contributed by atoms with Gasteiger partial charge in [-0.3, -0.25) is 9.89 Å². The molecule has 0 atom stereocenters. The standard InChI is InChI=1S/C19H14Cl2N2O2/c1-25-15-6-2-12(3-7-15)18-11-14(22-23-18)5-9-19(24)13-4-8-16(20)17(21)10-13/h2-11H,1H3,(H,22,23)/b9-5+. The summed E-state index contributed by atoms with van der Waals surface area (Å²) in [5, 5.41) is 7.91. The maximum absolute atomic E-state index is 12.2. The molecule has 0 unspecified atom stereocenters. The number of halogens is 2. The van der Waals surface area contributed by atoms with Gasteiger partial charge in [-0.05, 0) is 60.7 Å². The molecule has 25 heavy (non-hydrogen) atoms. The van der Waals surface area contributed by atoms with Crippen LogP contribution in [0.25, 0.3) is 17.3 Å². The number of ketones is 1. The molecule has 0 saturated heterocycles. The predicted molar refractivity (Wildman–Crippen MR) is 100 cm³/mol. The molecule has 1 N–H and O–H groups in total. The van der Waals surface area contributed by atoms with E-state index in [0.29, 0.717) is 15.6 Å². The molecule has 0 fully saturated rings. The van der Waals surface area contributed by atoms with E-state index < -0.39 is 0 Å². The number of hydrogen-bond donors (Lipinski definition) is 1. The molecule has 0 aliphatic carbocycles. The van der Waals surface area contributed by atoms with Gasteiger partial charge in [0.05, 0.1) is 28.5 Å². The third-order valence-electron chi connectivity index (χ3n) is 3.60. The van der Waals surface area contributed by atoms with Gasteiger partial charge < -0.3 is 4.74 Å². The maximum atomic E-state index is 12.2. The fourth-order valence-electron chi connectivity index (χ4n) is 2.24. The SMILES string of the molecule is COc1ccc(-c2cc(/C=C/C(=O)c3ccc(Cl)c(Cl)c3)[nH]n2)cc1. The highest BCUT2D eigenvalue weighted by atomic mass is 35.5. The normalized spacial score (nSPS) is 11.0. The van der Waals surface area contributed by atoms with Crippen molar-refractivity contribution in [2.24, 2.45) is 0 Å². The quantitative estimate of drug-likeness (QED) is 0.489.